The number of phenols is 1. The number of likely N-dealkylation sites (tertiary alicyclic amines) is 1. The standard InChI is InChI=1S/C19H21NO3/c1-3-10-11-4-6-13(21)17-15(11)19-8-9-20(2)16(10)12(19)5-7-14(22)18(19)23-17/h3-7,12,14,16,18,21-22H,8-9H2,1-2H3/t12-,14-,16+,18-,19-/m0/s1. The summed E-state index contributed by atoms with van der Waals surface area (Å²) < 4.78 is 6.15. The van der Waals surface area contributed by atoms with E-state index in [-0.39, 0.29) is 23.2 Å². The Kier molecular flexibility index (Phi) is 2.49. The zero-order chi connectivity index (χ0) is 15.9. The zero-order valence-electron chi connectivity index (χ0n) is 13.4. The van der Waals surface area contributed by atoms with Crippen molar-refractivity contribution in [3.05, 3.63) is 41.5 Å². The molecular formula is C19H21NO3. The summed E-state index contributed by atoms with van der Waals surface area (Å²) in [5.74, 6) is 1.05. The second-order valence-corrected chi connectivity index (χ2v) is 7.24. The number of aliphatic hydroxyl groups is 1. The molecule has 0 aromatic heterocycles. The van der Waals surface area contributed by atoms with Gasteiger partial charge < -0.3 is 14.9 Å². The van der Waals surface area contributed by atoms with Crippen LogP contribution in [-0.2, 0) is 5.41 Å². The van der Waals surface area contributed by atoms with Gasteiger partial charge in [-0.25, -0.2) is 0 Å². The molecule has 1 spiro atoms. The normalized spacial score (nSPS) is 41.8. The van der Waals surface area contributed by atoms with E-state index < -0.39 is 6.10 Å². The van der Waals surface area contributed by atoms with Gasteiger partial charge in [-0.3, -0.25) is 4.90 Å². The zero-order valence-corrected chi connectivity index (χ0v) is 13.4. The smallest absolute Gasteiger partial charge is 0.166 e. The van der Waals surface area contributed by atoms with Gasteiger partial charge in [0.2, 0.25) is 0 Å². The molecule has 0 saturated carbocycles. The maximum Gasteiger partial charge on any atom is 0.166 e. The van der Waals surface area contributed by atoms with Gasteiger partial charge in [0.05, 0.1) is 0 Å². The molecule has 4 aliphatic rings. The lowest BCUT2D eigenvalue weighted by Gasteiger charge is -2.57. The lowest BCUT2D eigenvalue weighted by molar-refractivity contribution is -0.0326. The number of benzene rings is 1. The Morgan fingerprint density at radius 1 is 1.35 bits per heavy atom. The highest BCUT2D eigenvalue weighted by molar-refractivity contribution is 5.81. The number of likely N-dealkylation sites (N-methyl/N-ethyl adjacent to an activating group) is 1. The molecule has 1 saturated heterocycles. The minimum absolute atomic E-state index is 0.186. The van der Waals surface area contributed by atoms with E-state index in [1.54, 1.807) is 6.07 Å². The van der Waals surface area contributed by atoms with Gasteiger partial charge in [0, 0.05) is 22.9 Å². The van der Waals surface area contributed by atoms with E-state index >= 15 is 0 Å². The molecule has 2 aliphatic heterocycles. The van der Waals surface area contributed by atoms with Gasteiger partial charge in [-0.1, -0.05) is 24.3 Å². The van der Waals surface area contributed by atoms with Crippen LogP contribution in [0, 0.1) is 5.92 Å². The van der Waals surface area contributed by atoms with Crippen molar-refractivity contribution in [2.45, 2.75) is 37.0 Å². The molecule has 2 heterocycles. The molecule has 0 amide bonds. The van der Waals surface area contributed by atoms with Crippen molar-refractivity contribution >= 4 is 5.57 Å². The molecule has 2 bridgehead atoms. The first-order valence-electron chi connectivity index (χ1n) is 8.36. The van der Waals surface area contributed by atoms with Gasteiger partial charge in [-0.2, -0.15) is 0 Å². The summed E-state index contributed by atoms with van der Waals surface area (Å²) in [5.41, 5.74) is 3.38. The van der Waals surface area contributed by atoms with E-state index in [0.717, 1.165) is 18.5 Å². The Hall–Kier alpha value is -1.78. The van der Waals surface area contributed by atoms with Gasteiger partial charge in [0.15, 0.2) is 11.5 Å². The molecule has 1 fully saturated rings. The molecule has 4 nitrogen and oxygen atoms in total. The van der Waals surface area contributed by atoms with E-state index in [4.69, 9.17) is 4.74 Å². The number of aromatic hydroxyl groups is 1. The second-order valence-electron chi connectivity index (χ2n) is 7.24. The first kappa shape index (κ1) is 13.6. The van der Waals surface area contributed by atoms with Crippen molar-refractivity contribution in [2.24, 2.45) is 5.92 Å². The molecule has 23 heavy (non-hydrogen) atoms. The van der Waals surface area contributed by atoms with Gasteiger partial charge >= 0.3 is 0 Å². The van der Waals surface area contributed by atoms with Crippen molar-refractivity contribution < 1.29 is 14.9 Å². The molecule has 1 aromatic rings. The van der Waals surface area contributed by atoms with Gasteiger partial charge in [-0.05, 0) is 44.1 Å². The van der Waals surface area contributed by atoms with E-state index in [0.29, 0.717) is 11.8 Å². The SMILES string of the molecule is CC=C1c2ccc(O)c3c2[C@]24CCN(C)[C@H]1[C@@H]2C=C[C@H](O)[C@@H]4O3. The monoisotopic (exact) mass is 311 g/mol. The quantitative estimate of drug-likeness (QED) is 0.720. The maximum atomic E-state index is 10.5. The first-order chi connectivity index (χ1) is 11.1. The Morgan fingerprint density at radius 3 is 2.96 bits per heavy atom. The summed E-state index contributed by atoms with van der Waals surface area (Å²) in [6.07, 6.45) is 6.26. The molecular weight excluding hydrogens is 290 g/mol. The van der Waals surface area contributed by atoms with Crippen LogP contribution >= 0.6 is 0 Å². The van der Waals surface area contributed by atoms with E-state index in [9.17, 15) is 10.2 Å². The number of rotatable bonds is 0. The van der Waals surface area contributed by atoms with Crippen LogP contribution in [0.3, 0.4) is 0 Å². The molecule has 4 heteroatoms. The third-order valence-corrected chi connectivity index (χ3v) is 6.41. The Bertz CT molecular complexity index is 768. The number of piperidine rings is 1. The molecule has 2 N–H and O–H groups in total. The number of aliphatic hydroxyl groups excluding tert-OH is 1. The van der Waals surface area contributed by atoms with Crippen LogP contribution in [0.25, 0.3) is 5.57 Å². The number of nitrogens with zero attached hydrogens (tertiary/aromatic N) is 1. The van der Waals surface area contributed by atoms with Crippen LogP contribution in [0.5, 0.6) is 11.5 Å². The van der Waals surface area contributed by atoms with Crippen molar-refractivity contribution in [1.29, 1.82) is 0 Å². The fraction of sp³-hybridized carbons (Fsp3) is 0.474. The summed E-state index contributed by atoms with van der Waals surface area (Å²) in [4.78, 5) is 2.41. The molecule has 0 unspecified atom stereocenters. The molecule has 5 atom stereocenters. The summed E-state index contributed by atoms with van der Waals surface area (Å²) in [6.45, 7) is 3.05. The summed E-state index contributed by atoms with van der Waals surface area (Å²) in [7, 11) is 2.18. The number of hydrogen-bond acceptors (Lipinski definition) is 4. The van der Waals surface area contributed by atoms with Crippen molar-refractivity contribution in [3.63, 3.8) is 0 Å². The van der Waals surface area contributed by atoms with Gasteiger partial charge in [0.1, 0.15) is 12.2 Å². The van der Waals surface area contributed by atoms with E-state index in [1.807, 2.05) is 12.1 Å². The van der Waals surface area contributed by atoms with Crippen LogP contribution < -0.4 is 4.74 Å². The Labute approximate surface area is 135 Å². The fourth-order valence-corrected chi connectivity index (χ4v) is 5.52. The number of allylic oxidation sites excluding steroid dienone is 1. The first-order valence-corrected chi connectivity index (χ1v) is 8.36. The highest BCUT2D eigenvalue weighted by atomic mass is 16.5. The number of hydrogen-bond donors (Lipinski definition) is 2. The predicted octanol–water partition coefficient (Wildman–Crippen LogP) is 2.06. The lowest BCUT2D eigenvalue weighted by Crippen LogP contribution is -2.64. The predicted molar refractivity (Wildman–Crippen MR) is 87.5 cm³/mol. The largest absolute Gasteiger partial charge is 0.504 e. The van der Waals surface area contributed by atoms with Crippen LogP contribution in [-0.4, -0.2) is 47.0 Å². The molecule has 120 valence electrons. The fourth-order valence-electron chi connectivity index (χ4n) is 5.52. The lowest BCUT2D eigenvalue weighted by atomic mass is 9.52. The third kappa shape index (κ3) is 1.36. The van der Waals surface area contributed by atoms with E-state index in [1.165, 1.54) is 11.1 Å². The number of ether oxygens (including phenoxy) is 1. The van der Waals surface area contributed by atoms with Gasteiger partial charge in [-0.15, -0.1) is 0 Å². The molecule has 2 aliphatic carbocycles. The minimum atomic E-state index is -0.623. The molecule has 0 radical (unpaired) electrons. The molecule has 1 aromatic carbocycles. The highest BCUT2D eigenvalue weighted by Crippen LogP contribution is 2.64. The second kappa shape index (κ2) is 4.19. The average molecular weight is 311 g/mol. The average Bonchev–Trinajstić information content (AvgIpc) is 2.90. The molecule has 5 rings (SSSR count). The summed E-state index contributed by atoms with van der Waals surface area (Å²) in [5, 5.41) is 20.9. The van der Waals surface area contributed by atoms with Crippen LogP contribution in [0.2, 0.25) is 0 Å². The summed E-state index contributed by atoms with van der Waals surface area (Å²) in [6, 6.07) is 4.04. The van der Waals surface area contributed by atoms with E-state index in [2.05, 4.69) is 31.0 Å². The summed E-state index contributed by atoms with van der Waals surface area (Å²) >= 11 is 0. The van der Waals surface area contributed by atoms with Crippen LogP contribution in [0.15, 0.2) is 30.4 Å². The van der Waals surface area contributed by atoms with Crippen LogP contribution in [0.4, 0.5) is 0 Å². The minimum Gasteiger partial charge on any atom is -0.504 e. The van der Waals surface area contributed by atoms with Crippen molar-refractivity contribution in [2.75, 3.05) is 13.6 Å². The third-order valence-electron chi connectivity index (χ3n) is 6.41. The maximum absolute atomic E-state index is 10.5. The highest BCUT2D eigenvalue weighted by Gasteiger charge is 2.65. The Morgan fingerprint density at radius 2 is 2.17 bits per heavy atom. The van der Waals surface area contributed by atoms with Crippen molar-refractivity contribution in [3.8, 4) is 11.5 Å². The van der Waals surface area contributed by atoms with Crippen molar-refractivity contribution in [1.82, 2.24) is 4.90 Å². The van der Waals surface area contributed by atoms with Crippen LogP contribution in [0.1, 0.15) is 24.5 Å². The van der Waals surface area contributed by atoms with Gasteiger partial charge in [0.25, 0.3) is 0 Å². The Balaban J connectivity index is 1.90. The number of phenolic OH excluding ortho intramolecular Hbond substituents is 1. The topological polar surface area (TPSA) is 52.9 Å².